The topological polar surface area (TPSA) is 17.1 Å². The Labute approximate surface area is 85.9 Å². The van der Waals surface area contributed by atoms with E-state index in [9.17, 15) is 18.0 Å². The molecule has 4 heteroatoms. The molecule has 0 amide bonds. The summed E-state index contributed by atoms with van der Waals surface area (Å²) >= 11 is 0. The van der Waals surface area contributed by atoms with Gasteiger partial charge in [-0.05, 0) is 25.0 Å². The molecule has 0 fully saturated rings. The maximum Gasteiger partial charge on any atom is 0.416 e. The molecule has 0 aliphatic carbocycles. The predicted molar refractivity (Wildman–Crippen MR) is 50.8 cm³/mol. The second kappa shape index (κ2) is 4.04. The summed E-state index contributed by atoms with van der Waals surface area (Å²) in [6.45, 7) is 2.88. The highest BCUT2D eigenvalue weighted by Gasteiger charge is 2.33. The van der Waals surface area contributed by atoms with Crippen molar-refractivity contribution in [1.29, 1.82) is 0 Å². The van der Waals surface area contributed by atoms with Gasteiger partial charge in [-0.15, -0.1) is 0 Å². The molecule has 82 valence electrons. The Balaban J connectivity index is 3.42. The number of ketones is 1. The minimum atomic E-state index is -4.39. The Bertz CT molecular complexity index is 380. The molecule has 0 spiro atoms. The summed E-state index contributed by atoms with van der Waals surface area (Å²) in [5, 5.41) is 0. The van der Waals surface area contributed by atoms with Gasteiger partial charge in [-0.1, -0.05) is 19.1 Å². The molecule has 0 unspecified atom stereocenters. The number of Topliss-reactive ketones (excluding diaryl/α,β-unsaturated/α-hetero) is 1. The van der Waals surface area contributed by atoms with Gasteiger partial charge in [-0.2, -0.15) is 13.2 Å². The molecule has 0 aliphatic rings. The Kier molecular flexibility index (Phi) is 3.17. The molecule has 0 N–H and O–H groups in total. The summed E-state index contributed by atoms with van der Waals surface area (Å²) in [6, 6.07) is 3.69. The molecule has 0 saturated heterocycles. The van der Waals surface area contributed by atoms with E-state index in [0.29, 0.717) is 0 Å². The average molecular weight is 216 g/mol. The van der Waals surface area contributed by atoms with Crippen molar-refractivity contribution < 1.29 is 18.0 Å². The summed E-state index contributed by atoms with van der Waals surface area (Å²) in [5.74, 6) is -0.335. The first kappa shape index (κ1) is 11.8. The summed E-state index contributed by atoms with van der Waals surface area (Å²) in [4.78, 5) is 11.1. The van der Waals surface area contributed by atoms with Gasteiger partial charge in [0, 0.05) is 5.56 Å². The Hall–Kier alpha value is -1.32. The molecule has 0 heterocycles. The van der Waals surface area contributed by atoms with E-state index in [2.05, 4.69) is 0 Å². The second-order valence-electron chi connectivity index (χ2n) is 3.24. The van der Waals surface area contributed by atoms with E-state index in [0.717, 1.165) is 6.07 Å². The molecule has 1 nitrogen and oxygen atoms in total. The van der Waals surface area contributed by atoms with Crippen LogP contribution in [0, 0.1) is 0 Å². The minimum absolute atomic E-state index is 0.0810. The van der Waals surface area contributed by atoms with E-state index >= 15 is 0 Å². The van der Waals surface area contributed by atoms with Crippen molar-refractivity contribution >= 4 is 5.78 Å². The molecule has 1 aromatic carbocycles. The molecule has 1 rings (SSSR count). The van der Waals surface area contributed by atoms with Crippen LogP contribution in [0.2, 0.25) is 0 Å². The van der Waals surface area contributed by atoms with E-state index in [1.54, 1.807) is 6.92 Å². The number of halogens is 3. The summed E-state index contributed by atoms with van der Waals surface area (Å²) in [6.07, 6.45) is -4.19. The molecule has 1 aromatic rings. The van der Waals surface area contributed by atoms with Crippen LogP contribution in [0.3, 0.4) is 0 Å². The van der Waals surface area contributed by atoms with Crippen LogP contribution in [-0.2, 0) is 12.6 Å². The average Bonchev–Trinajstić information content (AvgIpc) is 2.15. The van der Waals surface area contributed by atoms with Crippen LogP contribution in [-0.4, -0.2) is 5.78 Å². The zero-order valence-corrected chi connectivity index (χ0v) is 8.48. The van der Waals surface area contributed by atoms with E-state index in [1.165, 1.54) is 19.1 Å². The van der Waals surface area contributed by atoms with Crippen molar-refractivity contribution in [3.63, 3.8) is 0 Å². The predicted octanol–water partition coefficient (Wildman–Crippen LogP) is 3.47. The Morgan fingerprint density at radius 1 is 1.33 bits per heavy atom. The third kappa shape index (κ3) is 2.37. The lowest BCUT2D eigenvalue weighted by atomic mass is 9.96. The normalized spacial score (nSPS) is 11.5. The highest BCUT2D eigenvalue weighted by Crippen LogP contribution is 2.33. The first-order chi connectivity index (χ1) is 6.88. The molecule has 0 aromatic heterocycles. The van der Waals surface area contributed by atoms with Crippen LogP contribution in [0.25, 0.3) is 0 Å². The van der Waals surface area contributed by atoms with Gasteiger partial charge >= 0.3 is 6.18 Å². The van der Waals surface area contributed by atoms with Gasteiger partial charge < -0.3 is 0 Å². The maximum absolute atomic E-state index is 12.6. The Morgan fingerprint density at radius 3 is 2.33 bits per heavy atom. The zero-order chi connectivity index (χ0) is 11.6. The van der Waals surface area contributed by atoms with Crippen molar-refractivity contribution in [2.45, 2.75) is 26.4 Å². The number of benzene rings is 1. The lowest BCUT2D eigenvalue weighted by Crippen LogP contribution is -2.12. The molecule has 0 aliphatic heterocycles. The van der Waals surface area contributed by atoms with Gasteiger partial charge in [0.1, 0.15) is 0 Å². The number of rotatable bonds is 2. The number of hydrogen-bond donors (Lipinski definition) is 0. The van der Waals surface area contributed by atoms with Crippen molar-refractivity contribution in [2.24, 2.45) is 0 Å². The van der Waals surface area contributed by atoms with Gasteiger partial charge in [0.2, 0.25) is 0 Å². The lowest BCUT2D eigenvalue weighted by Gasteiger charge is -2.14. The molecular weight excluding hydrogens is 205 g/mol. The van der Waals surface area contributed by atoms with E-state index in [1.807, 2.05) is 0 Å². The van der Waals surface area contributed by atoms with Crippen LogP contribution >= 0.6 is 0 Å². The zero-order valence-electron chi connectivity index (χ0n) is 8.48. The standard InChI is InChI=1S/C11H11F3O/c1-3-8-9(7(2)15)5-4-6-10(8)11(12,13)14/h4-6H,3H2,1-2H3. The van der Waals surface area contributed by atoms with Crippen LogP contribution in [0.5, 0.6) is 0 Å². The highest BCUT2D eigenvalue weighted by molar-refractivity contribution is 5.95. The van der Waals surface area contributed by atoms with Crippen LogP contribution in [0.1, 0.15) is 35.3 Å². The van der Waals surface area contributed by atoms with Crippen molar-refractivity contribution in [1.82, 2.24) is 0 Å². The number of carbonyl (C=O) groups excluding carboxylic acids is 1. The lowest BCUT2D eigenvalue weighted by molar-refractivity contribution is -0.138. The smallest absolute Gasteiger partial charge is 0.295 e. The van der Waals surface area contributed by atoms with Crippen LogP contribution in [0.15, 0.2) is 18.2 Å². The fourth-order valence-electron chi connectivity index (χ4n) is 1.56. The van der Waals surface area contributed by atoms with Gasteiger partial charge in [0.05, 0.1) is 5.56 Å². The highest BCUT2D eigenvalue weighted by atomic mass is 19.4. The molecular formula is C11H11F3O. The van der Waals surface area contributed by atoms with Crippen molar-refractivity contribution in [3.05, 3.63) is 34.9 Å². The number of carbonyl (C=O) groups is 1. The molecule has 0 atom stereocenters. The van der Waals surface area contributed by atoms with Crippen LogP contribution in [0.4, 0.5) is 13.2 Å². The minimum Gasteiger partial charge on any atom is -0.295 e. The van der Waals surface area contributed by atoms with Gasteiger partial charge in [0.25, 0.3) is 0 Å². The SMILES string of the molecule is CCc1c(C(C)=O)cccc1C(F)(F)F. The van der Waals surface area contributed by atoms with Crippen molar-refractivity contribution in [2.75, 3.05) is 0 Å². The largest absolute Gasteiger partial charge is 0.416 e. The first-order valence-corrected chi connectivity index (χ1v) is 4.58. The van der Waals surface area contributed by atoms with Crippen LogP contribution < -0.4 is 0 Å². The Morgan fingerprint density at radius 2 is 1.93 bits per heavy atom. The number of alkyl halides is 3. The molecule has 0 bridgehead atoms. The van der Waals surface area contributed by atoms with E-state index in [4.69, 9.17) is 0 Å². The first-order valence-electron chi connectivity index (χ1n) is 4.58. The molecule has 0 saturated carbocycles. The molecule has 15 heavy (non-hydrogen) atoms. The van der Waals surface area contributed by atoms with E-state index < -0.39 is 11.7 Å². The quantitative estimate of drug-likeness (QED) is 0.692. The number of hydrogen-bond acceptors (Lipinski definition) is 1. The third-order valence-corrected chi connectivity index (χ3v) is 2.21. The van der Waals surface area contributed by atoms with Gasteiger partial charge in [-0.25, -0.2) is 0 Å². The molecule has 0 radical (unpaired) electrons. The third-order valence-electron chi connectivity index (χ3n) is 2.21. The van der Waals surface area contributed by atoms with Crippen molar-refractivity contribution in [3.8, 4) is 0 Å². The van der Waals surface area contributed by atoms with Gasteiger partial charge in [0.15, 0.2) is 5.78 Å². The monoisotopic (exact) mass is 216 g/mol. The fourth-order valence-corrected chi connectivity index (χ4v) is 1.56. The van der Waals surface area contributed by atoms with E-state index in [-0.39, 0.29) is 23.3 Å². The summed E-state index contributed by atoms with van der Waals surface area (Å²) in [7, 11) is 0. The maximum atomic E-state index is 12.6. The fraction of sp³-hybridized carbons (Fsp3) is 0.364. The van der Waals surface area contributed by atoms with Gasteiger partial charge in [-0.3, -0.25) is 4.79 Å². The summed E-state index contributed by atoms with van der Waals surface area (Å²) in [5.41, 5.74) is -0.470. The summed E-state index contributed by atoms with van der Waals surface area (Å²) < 4.78 is 37.7. The second-order valence-corrected chi connectivity index (χ2v) is 3.24.